The Morgan fingerprint density at radius 2 is 1.79 bits per heavy atom. The Morgan fingerprint density at radius 3 is 2.38 bits per heavy atom. The van der Waals surface area contributed by atoms with Crippen molar-refractivity contribution < 1.29 is 19.1 Å². The molecule has 0 radical (unpaired) electrons. The maximum atomic E-state index is 12.7. The molecule has 2 atom stereocenters. The molecule has 3 amide bonds. The molecule has 2 aromatic carbocycles. The number of hydrazone groups is 1. The largest absolute Gasteiger partial charge is 0.496 e. The molecule has 7 nitrogen and oxygen atoms in total. The molecule has 0 bridgehead atoms. The summed E-state index contributed by atoms with van der Waals surface area (Å²) in [4.78, 5) is 39.2. The van der Waals surface area contributed by atoms with Gasteiger partial charge in [0.15, 0.2) is 0 Å². The Hall–Kier alpha value is -3.16. The monoisotopic (exact) mass is 499 g/mol. The van der Waals surface area contributed by atoms with Crippen molar-refractivity contribution in [3.63, 3.8) is 0 Å². The van der Waals surface area contributed by atoms with Gasteiger partial charge in [-0.15, -0.1) is 0 Å². The lowest BCUT2D eigenvalue weighted by Crippen LogP contribution is -2.29. The number of amides is 3. The number of rotatable bonds is 7. The van der Waals surface area contributed by atoms with Crippen LogP contribution in [0.25, 0.3) is 0 Å². The molecule has 1 aliphatic heterocycles. The first-order chi connectivity index (χ1) is 16.1. The summed E-state index contributed by atoms with van der Waals surface area (Å²) in [5.74, 6) is -0.720. The smallest absolute Gasteiger partial charge is 0.261 e. The molecule has 0 saturated heterocycles. The van der Waals surface area contributed by atoms with Crippen LogP contribution in [0.15, 0.2) is 58.1 Å². The third-order valence-corrected chi connectivity index (χ3v) is 6.65. The van der Waals surface area contributed by atoms with Gasteiger partial charge in [0.25, 0.3) is 11.8 Å². The first-order valence-corrected chi connectivity index (χ1v) is 11.4. The van der Waals surface area contributed by atoms with Crippen molar-refractivity contribution in [2.75, 3.05) is 7.11 Å². The van der Waals surface area contributed by atoms with Crippen LogP contribution >= 0.6 is 23.2 Å². The van der Waals surface area contributed by atoms with Gasteiger partial charge in [-0.3, -0.25) is 19.3 Å². The summed E-state index contributed by atoms with van der Waals surface area (Å²) in [7, 11) is 1.52. The molecule has 34 heavy (non-hydrogen) atoms. The maximum absolute atomic E-state index is 12.7. The van der Waals surface area contributed by atoms with E-state index in [2.05, 4.69) is 10.5 Å². The van der Waals surface area contributed by atoms with Crippen LogP contribution in [0.4, 0.5) is 0 Å². The molecule has 2 aromatic rings. The normalized spacial score (nSPS) is 20.3. The highest BCUT2D eigenvalue weighted by Gasteiger charge is 2.60. The lowest BCUT2D eigenvalue weighted by atomic mass is 10.1. The molecule has 1 aliphatic carbocycles. The van der Waals surface area contributed by atoms with E-state index in [4.69, 9.17) is 27.9 Å². The lowest BCUT2D eigenvalue weighted by molar-refractivity contribution is -0.123. The van der Waals surface area contributed by atoms with Crippen LogP contribution in [-0.4, -0.2) is 35.9 Å². The number of imide groups is 1. The second kappa shape index (κ2) is 9.24. The zero-order valence-corrected chi connectivity index (χ0v) is 20.4. The third kappa shape index (κ3) is 4.45. The molecule has 1 saturated carbocycles. The van der Waals surface area contributed by atoms with E-state index in [-0.39, 0.29) is 46.0 Å². The lowest BCUT2D eigenvalue weighted by Gasteiger charge is -2.16. The van der Waals surface area contributed by atoms with E-state index < -0.39 is 0 Å². The maximum Gasteiger partial charge on any atom is 0.261 e. The van der Waals surface area contributed by atoms with Gasteiger partial charge < -0.3 is 4.74 Å². The van der Waals surface area contributed by atoms with Gasteiger partial charge >= 0.3 is 0 Å². The molecule has 0 spiro atoms. The van der Waals surface area contributed by atoms with Crippen molar-refractivity contribution in [3.8, 4) is 5.75 Å². The van der Waals surface area contributed by atoms with E-state index in [1.165, 1.54) is 18.2 Å². The van der Waals surface area contributed by atoms with Gasteiger partial charge in [0.05, 0.1) is 36.9 Å². The van der Waals surface area contributed by atoms with Gasteiger partial charge in [-0.25, -0.2) is 5.43 Å². The fourth-order valence-electron chi connectivity index (χ4n) is 4.42. The molecular weight excluding hydrogens is 477 g/mol. The first kappa shape index (κ1) is 24.0. The highest BCUT2D eigenvalue weighted by Crippen LogP contribution is 2.59. The Kier molecular flexibility index (Phi) is 6.51. The van der Waals surface area contributed by atoms with Gasteiger partial charge in [-0.05, 0) is 53.3 Å². The van der Waals surface area contributed by atoms with Gasteiger partial charge in [-0.2, -0.15) is 5.10 Å². The minimum Gasteiger partial charge on any atom is -0.496 e. The van der Waals surface area contributed by atoms with Crippen LogP contribution in [0.3, 0.4) is 0 Å². The van der Waals surface area contributed by atoms with Crippen LogP contribution in [0.1, 0.15) is 45.7 Å². The predicted molar refractivity (Wildman–Crippen MR) is 130 cm³/mol. The number of fused-ring (bicyclic) bond motifs is 1. The minimum absolute atomic E-state index is 0.0486. The fraction of sp³-hybridized carbons (Fsp3) is 0.280. The molecule has 9 heteroatoms. The number of nitrogens with one attached hydrogen (secondary N) is 1. The van der Waals surface area contributed by atoms with Crippen LogP contribution in [-0.2, 0) is 11.3 Å². The average Bonchev–Trinajstić information content (AvgIpc) is 3.25. The van der Waals surface area contributed by atoms with Gasteiger partial charge in [0.2, 0.25) is 5.91 Å². The van der Waals surface area contributed by atoms with Crippen molar-refractivity contribution >= 4 is 47.1 Å². The van der Waals surface area contributed by atoms with Crippen LogP contribution in [0.2, 0.25) is 0 Å². The van der Waals surface area contributed by atoms with E-state index >= 15 is 0 Å². The number of halogens is 2. The number of hydrogen-bond donors (Lipinski definition) is 1. The standard InChI is InChI=1S/C25H23Cl2N3O4/c1-25(2)18(11-20(26)27)21(25)22(31)29-28-12-14-8-9-19(34-3)15(10-14)13-30-23(32)16-6-4-5-7-17(16)24(30)33/h4-12,18,21H,13H2,1-3H3,(H,29,31)/b28-12-/t18-,21+/m1/s1. The number of benzene rings is 2. The minimum atomic E-state index is -0.346. The van der Waals surface area contributed by atoms with Crippen LogP contribution in [0.5, 0.6) is 5.75 Å². The van der Waals surface area contributed by atoms with Gasteiger partial charge in [-0.1, -0.05) is 49.2 Å². The van der Waals surface area contributed by atoms with Crippen LogP contribution < -0.4 is 10.2 Å². The highest BCUT2D eigenvalue weighted by atomic mass is 35.5. The topological polar surface area (TPSA) is 88.1 Å². The molecular formula is C25H23Cl2N3O4. The number of carbonyl (C=O) groups excluding carboxylic acids is 3. The average molecular weight is 500 g/mol. The predicted octanol–water partition coefficient (Wildman–Crippen LogP) is 4.53. The molecule has 0 aromatic heterocycles. The summed E-state index contributed by atoms with van der Waals surface area (Å²) in [6.45, 7) is 3.98. The second-order valence-corrected chi connectivity index (χ2v) is 9.84. The van der Waals surface area contributed by atoms with Crippen molar-refractivity contribution in [3.05, 3.63) is 75.3 Å². The third-order valence-electron chi connectivity index (χ3n) is 6.40. The summed E-state index contributed by atoms with van der Waals surface area (Å²) in [5, 5.41) is 4.07. The molecule has 1 fully saturated rings. The molecule has 176 valence electrons. The summed E-state index contributed by atoms with van der Waals surface area (Å²) >= 11 is 11.5. The summed E-state index contributed by atoms with van der Waals surface area (Å²) in [6, 6.07) is 12.0. The molecule has 2 aliphatic rings. The fourth-order valence-corrected chi connectivity index (χ4v) is 4.69. The Balaban J connectivity index is 1.47. The number of ether oxygens (including phenoxy) is 1. The quantitative estimate of drug-likeness (QED) is 0.344. The highest BCUT2D eigenvalue weighted by molar-refractivity contribution is 6.55. The molecule has 4 rings (SSSR count). The number of nitrogens with zero attached hydrogens (tertiary/aromatic N) is 2. The SMILES string of the molecule is COc1ccc(/C=N\NC(=O)[C@@H]2[C@@H](C=C(Cl)Cl)C2(C)C)cc1CN1C(=O)c2ccccc2C1=O. The Labute approximate surface area is 207 Å². The number of hydrogen-bond acceptors (Lipinski definition) is 5. The van der Waals surface area contributed by atoms with Crippen molar-refractivity contribution in [2.24, 2.45) is 22.4 Å². The number of allylic oxidation sites excluding steroid dienone is 1. The Bertz CT molecular complexity index is 1200. The zero-order valence-electron chi connectivity index (χ0n) is 18.8. The Morgan fingerprint density at radius 1 is 1.15 bits per heavy atom. The summed E-state index contributed by atoms with van der Waals surface area (Å²) in [6.07, 6.45) is 3.17. The van der Waals surface area contributed by atoms with Crippen molar-refractivity contribution in [1.82, 2.24) is 10.3 Å². The summed E-state index contributed by atoms with van der Waals surface area (Å²) < 4.78 is 5.56. The number of methoxy groups -OCH3 is 1. The molecule has 0 unspecified atom stereocenters. The zero-order chi connectivity index (χ0) is 24.6. The number of carbonyl (C=O) groups is 3. The second-order valence-electron chi connectivity index (χ2n) is 8.83. The van der Waals surface area contributed by atoms with E-state index in [9.17, 15) is 14.4 Å². The van der Waals surface area contributed by atoms with Crippen molar-refractivity contribution in [1.29, 1.82) is 0 Å². The first-order valence-electron chi connectivity index (χ1n) is 10.6. The van der Waals surface area contributed by atoms with Gasteiger partial charge in [0, 0.05) is 5.56 Å². The molecule has 1 heterocycles. The van der Waals surface area contributed by atoms with Crippen molar-refractivity contribution in [2.45, 2.75) is 20.4 Å². The van der Waals surface area contributed by atoms with E-state index in [0.717, 1.165) is 0 Å². The molecule has 1 N–H and O–H groups in total. The van der Waals surface area contributed by atoms with Crippen LogP contribution in [0, 0.1) is 17.3 Å². The van der Waals surface area contributed by atoms with E-state index in [1.54, 1.807) is 48.5 Å². The summed E-state index contributed by atoms with van der Waals surface area (Å²) in [5.41, 5.74) is 4.39. The van der Waals surface area contributed by atoms with E-state index in [0.29, 0.717) is 28.0 Å². The van der Waals surface area contributed by atoms with E-state index in [1.807, 2.05) is 13.8 Å². The van der Waals surface area contributed by atoms with Gasteiger partial charge in [0.1, 0.15) is 10.2 Å².